The van der Waals surface area contributed by atoms with Crippen LogP contribution in [0.15, 0.2) is 42.6 Å². The average molecular weight is 535 g/mol. The van der Waals surface area contributed by atoms with Gasteiger partial charge in [0.15, 0.2) is 0 Å². The van der Waals surface area contributed by atoms with E-state index in [1.165, 1.54) is 43.2 Å². The molecule has 1 aromatic carbocycles. The number of aromatic nitrogens is 1. The van der Waals surface area contributed by atoms with E-state index in [-0.39, 0.29) is 17.4 Å². The van der Waals surface area contributed by atoms with Gasteiger partial charge in [0, 0.05) is 30.3 Å². The average Bonchev–Trinajstić information content (AvgIpc) is 3.19. The third-order valence-corrected chi connectivity index (χ3v) is 10.9. The number of pyridine rings is 1. The number of hydrogen-bond donors (Lipinski definition) is 4. The number of nitrogens with zero attached hydrogens (tertiary/aromatic N) is 1. The number of aromatic hydroxyl groups is 1. The van der Waals surface area contributed by atoms with Gasteiger partial charge in [0.05, 0.1) is 12.7 Å². The maximum atomic E-state index is 11.7. The van der Waals surface area contributed by atoms with E-state index in [2.05, 4.69) is 29.4 Å². The second-order valence-electron chi connectivity index (χ2n) is 13.2. The van der Waals surface area contributed by atoms with Crippen LogP contribution in [0.2, 0.25) is 0 Å². The highest BCUT2D eigenvalue weighted by atomic mass is 16.3. The minimum Gasteiger partial charge on any atom is -0.508 e. The molecule has 0 aliphatic heterocycles. The Morgan fingerprint density at radius 3 is 2.62 bits per heavy atom. The monoisotopic (exact) mass is 534 g/mol. The lowest BCUT2D eigenvalue weighted by molar-refractivity contribution is -0.0715. The molecule has 5 nitrogen and oxygen atoms in total. The van der Waals surface area contributed by atoms with Gasteiger partial charge in [-0.25, -0.2) is 0 Å². The molecule has 0 radical (unpaired) electrons. The Kier molecular flexibility index (Phi) is 9.31. The first-order chi connectivity index (χ1) is 19.0. The molecule has 0 spiro atoms. The summed E-state index contributed by atoms with van der Waals surface area (Å²) in [5.41, 5.74) is 3.44. The highest BCUT2D eigenvalue weighted by Gasteiger charge is 2.63. The summed E-state index contributed by atoms with van der Waals surface area (Å²) in [6, 6.07) is 12.0. The molecule has 3 aliphatic rings. The molecule has 0 saturated heterocycles. The van der Waals surface area contributed by atoms with Crippen molar-refractivity contribution in [3.63, 3.8) is 0 Å². The molecule has 3 unspecified atom stereocenters. The summed E-state index contributed by atoms with van der Waals surface area (Å²) in [6.07, 6.45) is 15.8. The van der Waals surface area contributed by atoms with Gasteiger partial charge in [0.2, 0.25) is 0 Å². The number of unbranched alkanes of at least 4 members (excludes halogenated alkanes) is 5. The lowest BCUT2D eigenvalue weighted by atomic mass is 9.55. The van der Waals surface area contributed by atoms with E-state index >= 15 is 0 Å². The van der Waals surface area contributed by atoms with Gasteiger partial charge in [0.1, 0.15) is 5.75 Å². The lowest BCUT2D eigenvalue weighted by Crippen LogP contribution is -2.46. The summed E-state index contributed by atoms with van der Waals surface area (Å²) in [4.78, 5) is 4.37. The second-order valence-corrected chi connectivity index (χ2v) is 13.2. The number of aliphatic hydroxyl groups is 2. The van der Waals surface area contributed by atoms with Gasteiger partial charge in [0.25, 0.3) is 0 Å². The van der Waals surface area contributed by atoms with E-state index in [0.29, 0.717) is 23.5 Å². The van der Waals surface area contributed by atoms with Crippen molar-refractivity contribution in [2.75, 3.05) is 19.7 Å². The third kappa shape index (κ3) is 6.06. The first-order valence-electron chi connectivity index (χ1n) is 15.7. The highest BCUT2D eigenvalue weighted by Crippen LogP contribution is 2.66. The maximum absolute atomic E-state index is 11.7. The zero-order valence-corrected chi connectivity index (χ0v) is 24.0. The van der Waals surface area contributed by atoms with Crippen molar-refractivity contribution in [2.45, 2.75) is 102 Å². The molecule has 0 bridgehead atoms. The molecule has 4 N–H and O–H groups in total. The van der Waals surface area contributed by atoms with Gasteiger partial charge in [-0.15, -0.1) is 0 Å². The largest absolute Gasteiger partial charge is 0.508 e. The van der Waals surface area contributed by atoms with Gasteiger partial charge in [-0.3, -0.25) is 4.98 Å². The minimum atomic E-state index is -0.417. The molecule has 39 heavy (non-hydrogen) atoms. The van der Waals surface area contributed by atoms with E-state index < -0.39 is 6.10 Å². The summed E-state index contributed by atoms with van der Waals surface area (Å²) in [7, 11) is 0. The van der Waals surface area contributed by atoms with Crippen molar-refractivity contribution in [3.05, 3.63) is 59.4 Å². The predicted octanol–water partition coefficient (Wildman–Crippen LogP) is 6.16. The highest BCUT2D eigenvalue weighted by molar-refractivity contribution is 5.40. The Morgan fingerprint density at radius 2 is 1.82 bits per heavy atom. The van der Waals surface area contributed by atoms with Crippen LogP contribution in [-0.2, 0) is 12.8 Å². The molecule has 2 fully saturated rings. The van der Waals surface area contributed by atoms with E-state index in [9.17, 15) is 15.3 Å². The molecule has 1 heterocycles. The van der Waals surface area contributed by atoms with Gasteiger partial charge < -0.3 is 20.6 Å². The first-order valence-corrected chi connectivity index (χ1v) is 15.7. The third-order valence-electron chi connectivity index (χ3n) is 10.9. The molecular weight excluding hydrogens is 484 g/mol. The molecule has 5 rings (SSSR count). The number of phenolic OH excluding ortho intramolecular Hbond substituents is 1. The summed E-state index contributed by atoms with van der Waals surface area (Å²) in [6.45, 7) is 4.47. The second kappa shape index (κ2) is 12.7. The predicted molar refractivity (Wildman–Crippen MR) is 157 cm³/mol. The van der Waals surface area contributed by atoms with Crippen LogP contribution in [0.1, 0.15) is 100 Å². The zero-order chi connectivity index (χ0) is 27.3. The molecule has 5 heteroatoms. The number of rotatable bonds is 13. The number of hydrogen-bond acceptors (Lipinski definition) is 5. The van der Waals surface area contributed by atoms with Crippen molar-refractivity contribution in [3.8, 4) is 5.75 Å². The van der Waals surface area contributed by atoms with Crippen LogP contribution >= 0.6 is 0 Å². The van der Waals surface area contributed by atoms with Crippen molar-refractivity contribution in [2.24, 2.45) is 22.7 Å². The van der Waals surface area contributed by atoms with Gasteiger partial charge in [-0.05, 0) is 110 Å². The Balaban J connectivity index is 1.05. The van der Waals surface area contributed by atoms with Crippen LogP contribution in [0.5, 0.6) is 5.75 Å². The number of nitrogens with one attached hydrogen (secondary N) is 1. The molecule has 1 aromatic heterocycles. The fraction of sp³-hybridized carbons (Fsp3) is 0.676. The molecule has 6 atom stereocenters. The number of benzene rings is 1. The van der Waals surface area contributed by atoms with Crippen LogP contribution < -0.4 is 5.32 Å². The molecule has 214 valence electrons. The molecule has 3 aliphatic carbocycles. The quantitative estimate of drug-likeness (QED) is 0.231. The van der Waals surface area contributed by atoms with Crippen molar-refractivity contribution in [1.82, 2.24) is 10.3 Å². The minimum absolute atomic E-state index is 0.0953. The molecule has 2 aromatic rings. The summed E-state index contributed by atoms with van der Waals surface area (Å²) < 4.78 is 0. The van der Waals surface area contributed by atoms with E-state index in [4.69, 9.17) is 0 Å². The van der Waals surface area contributed by atoms with Crippen molar-refractivity contribution in [1.29, 1.82) is 0 Å². The topological polar surface area (TPSA) is 85.6 Å². The van der Waals surface area contributed by atoms with Crippen LogP contribution in [-0.4, -0.2) is 46.1 Å². The maximum Gasteiger partial charge on any atom is 0.115 e. The number of aryl methyl sites for hydroxylation is 1. The number of fused-ring (bicyclic) bond motifs is 5. The van der Waals surface area contributed by atoms with Gasteiger partial charge >= 0.3 is 0 Å². The van der Waals surface area contributed by atoms with Crippen LogP contribution in [0.3, 0.4) is 0 Å². The fourth-order valence-electron chi connectivity index (χ4n) is 8.68. The van der Waals surface area contributed by atoms with Gasteiger partial charge in [-0.1, -0.05) is 51.2 Å². The smallest absolute Gasteiger partial charge is 0.115 e. The van der Waals surface area contributed by atoms with Crippen molar-refractivity contribution < 1.29 is 15.3 Å². The van der Waals surface area contributed by atoms with Crippen LogP contribution in [0, 0.1) is 22.7 Å². The molecular formula is C34H50N2O3. The SMILES string of the molecule is C[C@]12CCC3c4ccc(O)cc4CCC3C1C[C@@](CO)(CCCCCCCCNCCc1ccccn1)[C@@H]2O. The summed E-state index contributed by atoms with van der Waals surface area (Å²) in [5, 5.41) is 35.9. The van der Waals surface area contributed by atoms with Gasteiger partial charge in [-0.2, -0.15) is 0 Å². The Morgan fingerprint density at radius 1 is 1.00 bits per heavy atom. The fourth-order valence-corrected chi connectivity index (χ4v) is 8.68. The summed E-state index contributed by atoms with van der Waals surface area (Å²) >= 11 is 0. The number of aliphatic hydroxyl groups excluding tert-OH is 2. The van der Waals surface area contributed by atoms with Crippen LogP contribution in [0.4, 0.5) is 0 Å². The first kappa shape index (κ1) is 28.6. The van der Waals surface area contributed by atoms with Crippen molar-refractivity contribution >= 4 is 0 Å². The van der Waals surface area contributed by atoms with E-state index in [1.54, 1.807) is 0 Å². The molecule has 2 saturated carbocycles. The molecule has 0 amide bonds. The Hall–Kier alpha value is -1.95. The zero-order valence-electron chi connectivity index (χ0n) is 24.0. The summed E-state index contributed by atoms with van der Waals surface area (Å²) in [5.74, 6) is 1.93. The normalized spacial score (nSPS) is 31.5. The Bertz CT molecular complexity index is 1060. The Labute approximate surface area is 235 Å². The van der Waals surface area contributed by atoms with E-state index in [0.717, 1.165) is 70.2 Å². The lowest BCUT2D eigenvalue weighted by Gasteiger charge is -2.50. The van der Waals surface area contributed by atoms with E-state index in [1.807, 2.05) is 30.5 Å². The standard InChI is InChI=1S/C34H50N2O3/c1-33-18-15-29-28-14-12-27(38)22-25(28)11-13-30(29)31(33)23-34(24-37,32(33)39)17-7-4-2-3-5-8-19-35-21-16-26-10-6-9-20-36-26/h6,9-10,12,14,20,22,29-32,35,37-39H,2-5,7-8,11,13,15-19,21,23-24H2,1H3/t29?,30?,31?,32-,33+,34-/m1/s1. The number of phenols is 1. The van der Waals surface area contributed by atoms with Crippen LogP contribution in [0.25, 0.3) is 0 Å².